The molecule has 0 saturated heterocycles. The number of benzene rings is 2. The molecule has 0 radical (unpaired) electrons. The average Bonchev–Trinajstić information content (AvgIpc) is 2.90. The van der Waals surface area contributed by atoms with Crippen LogP contribution in [-0.4, -0.2) is 42.3 Å². The molecule has 9 heteroatoms. The lowest BCUT2D eigenvalue weighted by molar-refractivity contribution is -0.137. The Morgan fingerprint density at radius 2 is 1.70 bits per heavy atom. The van der Waals surface area contributed by atoms with Gasteiger partial charge in [-0.15, -0.1) is 0 Å². The van der Waals surface area contributed by atoms with Gasteiger partial charge in [0.25, 0.3) is 10.9 Å². The van der Waals surface area contributed by atoms with Crippen molar-refractivity contribution in [3.8, 4) is 17.4 Å². The van der Waals surface area contributed by atoms with Gasteiger partial charge in [0, 0.05) is 30.6 Å². The molecule has 4 rings (SSSR count). The van der Waals surface area contributed by atoms with Crippen LogP contribution >= 0.6 is 0 Å². The predicted octanol–water partition coefficient (Wildman–Crippen LogP) is 3.89. The van der Waals surface area contributed by atoms with Crippen molar-refractivity contribution in [1.29, 1.82) is 0 Å². The Balaban J connectivity index is 1.53. The van der Waals surface area contributed by atoms with E-state index < -0.39 is 22.9 Å². The van der Waals surface area contributed by atoms with Crippen molar-refractivity contribution in [3.05, 3.63) is 80.2 Å². The second kappa shape index (κ2) is 10.7. The number of rotatable bonds is 11. The van der Waals surface area contributed by atoms with Gasteiger partial charge >= 0.3 is 5.97 Å². The van der Waals surface area contributed by atoms with Gasteiger partial charge in [0.15, 0.2) is 0 Å². The van der Waals surface area contributed by atoms with Crippen LogP contribution in [0.1, 0.15) is 25.1 Å². The van der Waals surface area contributed by atoms with Gasteiger partial charge in [-0.05, 0) is 62.1 Å². The molecule has 0 amide bonds. The summed E-state index contributed by atoms with van der Waals surface area (Å²) in [6.45, 7) is 6.70. The summed E-state index contributed by atoms with van der Waals surface area (Å²) in [6, 6.07) is 13.6. The van der Waals surface area contributed by atoms with Crippen molar-refractivity contribution in [2.45, 2.75) is 33.2 Å². The molecular formula is C28H29N3O6. The summed E-state index contributed by atoms with van der Waals surface area (Å²) in [5.74, 6) is 0.549. The molecule has 1 atom stereocenters. The van der Waals surface area contributed by atoms with Crippen molar-refractivity contribution in [2.24, 2.45) is 0 Å². The van der Waals surface area contributed by atoms with E-state index in [-0.39, 0.29) is 17.8 Å². The quantitative estimate of drug-likeness (QED) is 0.294. The Morgan fingerprint density at radius 1 is 1.03 bits per heavy atom. The number of aryl methyl sites for hydroxylation is 1. The molecule has 0 bridgehead atoms. The van der Waals surface area contributed by atoms with Crippen LogP contribution in [0.25, 0.3) is 10.8 Å². The van der Waals surface area contributed by atoms with Crippen molar-refractivity contribution in [3.63, 3.8) is 0 Å². The van der Waals surface area contributed by atoms with Gasteiger partial charge in [0.1, 0.15) is 28.9 Å². The molecular weight excluding hydrogens is 474 g/mol. The average molecular weight is 504 g/mol. The smallest absolute Gasteiger partial charge is 0.326 e. The van der Waals surface area contributed by atoms with Gasteiger partial charge < -0.3 is 24.8 Å². The third kappa shape index (κ3) is 5.25. The van der Waals surface area contributed by atoms with Crippen LogP contribution in [0.4, 0.5) is 11.4 Å². The molecule has 0 unspecified atom stereocenters. The zero-order chi connectivity index (χ0) is 26.7. The number of fused-ring (bicyclic) bond motifs is 1. The number of carbonyl (C=O) groups is 1. The number of nitrogens with one attached hydrogen (secondary N) is 1. The highest BCUT2D eigenvalue weighted by atomic mass is 16.5. The summed E-state index contributed by atoms with van der Waals surface area (Å²) in [5.41, 5.74) is 0.563. The van der Waals surface area contributed by atoms with Gasteiger partial charge in [-0.3, -0.25) is 9.59 Å². The van der Waals surface area contributed by atoms with E-state index in [1.54, 1.807) is 36.3 Å². The second-order valence-electron chi connectivity index (χ2n) is 8.70. The Hall–Kier alpha value is -4.40. The number of nitrogens with zero attached hydrogens (tertiary/aromatic N) is 2. The van der Waals surface area contributed by atoms with E-state index in [2.05, 4.69) is 10.3 Å². The van der Waals surface area contributed by atoms with E-state index in [4.69, 9.17) is 9.47 Å². The number of methoxy groups -OCH3 is 1. The molecule has 1 aromatic heterocycles. The summed E-state index contributed by atoms with van der Waals surface area (Å²) in [7, 11) is 1.60. The number of hydrogen-bond donors (Lipinski definition) is 2. The fraction of sp³-hybridized carbons (Fsp3) is 0.286. The van der Waals surface area contributed by atoms with Crippen LogP contribution < -0.4 is 30.5 Å². The Labute approximate surface area is 214 Å². The first-order chi connectivity index (χ1) is 17.7. The van der Waals surface area contributed by atoms with Crippen LogP contribution in [0, 0.1) is 6.92 Å². The normalized spacial score (nSPS) is 11.9. The maximum absolute atomic E-state index is 12.2. The van der Waals surface area contributed by atoms with E-state index >= 15 is 0 Å². The number of hydrogen-bond acceptors (Lipinski definition) is 8. The van der Waals surface area contributed by atoms with Gasteiger partial charge in [0.2, 0.25) is 5.88 Å². The standard InChI is InChI=1S/C28H29N3O6/c1-5-31(6-2)24-23(25(32)26(24)33)30-22(28(34)35)14-17-7-10-19(11-8-17)37-27-21-15-20(36-4)12-9-18(21)13-16(3)29-27/h7-13,15,22,30H,5-6,14H2,1-4H3,(H,34,35)/t22-/m0/s1. The topological polar surface area (TPSA) is 118 Å². The molecule has 0 aliphatic heterocycles. The van der Waals surface area contributed by atoms with Crippen LogP contribution in [0.2, 0.25) is 0 Å². The van der Waals surface area contributed by atoms with Gasteiger partial charge in [0.05, 0.1) is 7.11 Å². The fourth-order valence-corrected chi connectivity index (χ4v) is 4.30. The van der Waals surface area contributed by atoms with Gasteiger partial charge in [-0.2, -0.15) is 0 Å². The van der Waals surface area contributed by atoms with E-state index in [1.165, 1.54) is 0 Å². The van der Waals surface area contributed by atoms with Gasteiger partial charge in [-0.1, -0.05) is 18.2 Å². The molecule has 0 aliphatic rings. The minimum Gasteiger partial charge on any atom is -0.497 e. The van der Waals surface area contributed by atoms with Crippen molar-refractivity contribution < 1.29 is 19.4 Å². The van der Waals surface area contributed by atoms with Crippen molar-refractivity contribution in [1.82, 2.24) is 4.98 Å². The molecule has 37 heavy (non-hydrogen) atoms. The minimum atomic E-state index is -1.12. The molecule has 0 aliphatic carbocycles. The van der Waals surface area contributed by atoms with Gasteiger partial charge in [-0.25, -0.2) is 9.78 Å². The molecule has 0 spiro atoms. The number of carboxylic acid groups (broad SMARTS) is 1. The number of aliphatic carboxylic acids is 1. The van der Waals surface area contributed by atoms with Crippen molar-refractivity contribution in [2.75, 3.05) is 30.4 Å². The first kappa shape index (κ1) is 25.7. The summed E-state index contributed by atoms with van der Waals surface area (Å²) in [6.07, 6.45) is 0.106. The van der Waals surface area contributed by atoms with E-state index in [0.29, 0.717) is 30.5 Å². The number of aromatic nitrogens is 1. The molecule has 192 valence electrons. The van der Waals surface area contributed by atoms with E-state index in [9.17, 15) is 19.5 Å². The summed E-state index contributed by atoms with van der Waals surface area (Å²) in [5, 5.41) is 14.3. The first-order valence-electron chi connectivity index (χ1n) is 12.0. The third-order valence-electron chi connectivity index (χ3n) is 6.29. The Kier molecular flexibility index (Phi) is 7.42. The molecule has 0 saturated carbocycles. The fourth-order valence-electron chi connectivity index (χ4n) is 4.30. The van der Waals surface area contributed by atoms with Crippen LogP contribution in [0.15, 0.2) is 58.1 Å². The Morgan fingerprint density at radius 3 is 2.32 bits per heavy atom. The number of carboxylic acids is 1. The zero-order valence-corrected chi connectivity index (χ0v) is 21.2. The molecule has 3 aromatic carbocycles. The molecule has 4 aromatic rings. The molecule has 0 fully saturated rings. The minimum absolute atomic E-state index is 0.0638. The maximum Gasteiger partial charge on any atom is 0.326 e. The third-order valence-corrected chi connectivity index (χ3v) is 6.29. The lowest BCUT2D eigenvalue weighted by Crippen LogP contribution is -2.45. The number of pyridine rings is 1. The predicted molar refractivity (Wildman–Crippen MR) is 143 cm³/mol. The van der Waals surface area contributed by atoms with Crippen LogP contribution in [-0.2, 0) is 11.2 Å². The highest BCUT2D eigenvalue weighted by Gasteiger charge is 2.29. The first-order valence-corrected chi connectivity index (χ1v) is 12.0. The van der Waals surface area contributed by atoms with E-state index in [1.807, 2.05) is 45.0 Å². The van der Waals surface area contributed by atoms with E-state index in [0.717, 1.165) is 22.0 Å². The second-order valence-corrected chi connectivity index (χ2v) is 8.70. The lowest BCUT2D eigenvalue weighted by atomic mass is 10.0. The SMILES string of the molecule is CCN(CC)c1c(N[C@@H](Cc2ccc(Oc3nc(C)cc4ccc(OC)cc34)cc2)C(=O)O)c(=O)c1=O. The largest absolute Gasteiger partial charge is 0.497 e. The lowest BCUT2D eigenvalue weighted by Gasteiger charge is -2.26. The Bertz CT molecular complexity index is 1500. The van der Waals surface area contributed by atoms with Crippen molar-refractivity contribution >= 4 is 28.1 Å². The highest BCUT2D eigenvalue weighted by Crippen LogP contribution is 2.32. The summed E-state index contributed by atoms with van der Waals surface area (Å²) >= 11 is 0. The molecule has 2 N–H and O–H groups in total. The van der Waals surface area contributed by atoms with Crippen LogP contribution in [0.5, 0.6) is 17.4 Å². The van der Waals surface area contributed by atoms with Crippen LogP contribution in [0.3, 0.4) is 0 Å². The summed E-state index contributed by atoms with van der Waals surface area (Å²) < 4.78 is 11.4. The maximum atomic E-state index is 12.2. The zero-order valence-electron chi connectivity index (χ0n) is 21.2. The summed E-state index contributed by atoms with van der Waals surface area (Å²) in [4.78, 5) is 42.5. The molecule has 9 nitrogen and oxygen atoms in total. The highest BCUT2D eigenvalue weighted by molar-refractivity contribution is 5.88. The monoisotopic (exact) mass is 503 g/mol. The molecule has 1 heterocycles. The number of ether oxygens (including phenoxy) is 2. The number of anilines is 2.